The minimum absolute atomic E-state index is 0.118. The number of aromatic nitrogens is 1. The number of carbonyl (C=O) groups excluding carboxylic acids is 2. The molecule has 0 saturated carbocycles. The highest BCUT2D eigenvalue weighted by Gasteiger charge is 2.42. The van der Waals surface area contributed by atoms with Gasteiger partial charge in [0.15, 0.2) is 0 Å². The van der Waals surface area contributed by atoms with E-state index in [1.54, 1.807) is 13.0 Å². The second-order valence-corrected chi connectivity index (χ2v) is 11.1. The Morgan fingerprint density at radius 3 is 2.46 bits per heavy atom. The van der Waals surface area contributed by atoms with E-state index in [2.05, 4.69) is 17.1 Å². The predicted octanol–water partition coefficient (Wildman–Crippen LogP) is 4.77. The first-order valence-corrected chi connectivity index (χ1v) is 13.9. The number of piperazine rings is 1. The number of likely N-dealkylation sites (N-methyl/N-ethyl adjacent to an activating group) is 1. The zero-order valence-corrected chi connectivity index (χ0v) is 23.3. The van der Waals surface area contributed by atoms with E-state index in [4.69, 9.17) is 20.9 Å². The molecule has 9 heteroatoms. The molecule has 0 radical (unpaired) electrons. The lowest BCUT2D eigenvalue weighted by molar-refractivity contribution is -0.137. The standard InChI is InChI=1S/C30H35ClN4O4/c1-22-27(28(32-39-22)24-11-6-7-12-25(24)31)29(37)35-14-8-13-30(20-35,21-38-23-9-4-3-5-10-23)19-26(36)34-17-15-33(2)16-18-34/h3-7,9-12H,8,13-21H2,1-2H3/t30-/m1/s1. The van der Waals surface area contributed by atoms with Crippen molar-refractivity contribution in [1.82, 2.24) is 19.9 Å². The summed E-state index contributed by atoms with van der Waals surface area (Å²) in [5.74, 6) is 1.15. The largest absolute Gasteiger partial charge is 0.493 e. The number of aryl methyl sites for hydroxylation is 1. The van der Waals surface area contributed by atoms with Gasteiger partial charge in [0, 0.05) is 56.7 Å². The van der Waals surface area contributed by atoms with Crippen LogP contribution in [0.5, 0.6) is 5.75 Å². The summed E-state index contributed by atoms with van der Waals surface area (Å²) >= 11 is 6.45. The third-order valence-electron chi connectivity index (χ3n) is 7.82. The van der Waals surface area contributed by atoms with Crippen LogP contribution in [0.3, 0.4) is 0 Å². The molecular formula is C30H35ClN4O4. The van der Waals surface area contributed by atoms with Gasteiger partial charge < -0.3 is 24.0 Å². The fourth-order valence-electron chi connectivity index (χ4n) is 5.56. The summed E-state index contributed by atoms with van der Waals surface area (Å²) in [6, 6.07) is 16.9. The highest BCUT2D eigenvalue weighted by atomic mass is 35.5. The molecule has 8 nitrogen and oxygen atoms in total. The van der Waals surface area contributed by atoms with Crippen LogP contribution in [-0.4, -0.2) is 84.6 Å². The van der Waals surface area contributed by atoms with Gasteiger partial charge in [0.05, 0.1) is 11.6 Å². The van der Waals surface area contributed by atoms with E-state index in [1.807, 2.05) is 58.3 Å². The molecule has 0 bridgehead atoms. The van der Waals surface area contributed by atoms with E-state index in [0.29, 0.717) is 66.8 Å². The van der Waals surface area contributed by atoms with Crippen LogP contribution < -0.4 is 4.74 Å². The Labute approximate surface area is 234 Å². The monoisotopic (exact) mass is 550 g/mol. The van der Waals surface area contributed by atoms with Gasteiger partial charge in [-0.2, -0.15) is 0 Å². The van der Waals surface area contributed by atoms with Gasteiger partial charge in [0.2, 0.25) is 5.91 Å². The number of benzene rings is 2. The van der Waals surface area contributed by atoms with Crippen molar-refractivity contribution in [3.05, 3.63) is 70.9 Å². The normalized spacial score (nSPS) is 20.2. The Bertz CT molecular complexity index is 1310. The number of nitrogens with zero attached hydrogens (tertiary/aromatic N) is 4. The molecular weight excluding hydrogens is 516 g/mol. The fraction of sp³-hybridized carbons (Fsp3) is 0.433. The number of carbonyl (C=O) groups is 2. The van der Waals surface area contributed by atoms with Crippen LogP contribution in [0.4, 0.5) is 0 Å². The van der Waals surface area contributed by atoms with Crippen LogP contribution in [0.25, 0.3) is 11.3 Å². The molecule has 5 rings (SSSR count). The first-order chi connectivity index (χ1) is 18.8. The number of piperidine rings is 1. The van der Waals surface area contributed by atoms with Crippen molar-refractivity contribution >= 4 is 23.4 Å². The lowest BCUT2D eigenvalue weighted by Crippen LogP contribution is -2.53. The van der Waals surface area contributed by atoms with Gasteiger partial charge in [-0.1, -0.05) is 53.2 Å². The van der Waals surface area contributed by atoms with Crippen LogP contribution in [0.1, 0.15) is 35.4 Å². The third kappa shape index (κ3) is 6.12. The molecule has 2 fully saturated rings. The van der Waals surface area contributed by atoms with Crippen molar-refractivity contribution in [1.29, 1.82) is 0 Å². The van der Waals surface area contributed by atoms with Gasteiger partial charge in [-0.25, -0.2) is 0 Å². The van der Waals surface area contributed by atoms with Crippen molar-refractivity contribution in [2.75, 3.05) is 52.9 Å². The zero-order chi connectivity index (χ0) is 27.4. The Balaban J connectivity index is 1.40. The summed E-state index contributed by atoms with van der Waals surface area (Å²) in [5, 5.41) is 4.70. The van der Waals surface area contributed by atoms with Gasteiger partial charge in [-0.15, -0.1) is 0 Å². The molecule has 0 unspecified atom stereocenters. The molecule has 1 atom stereocenters. The average molecular weight is 551 g/mol. The quantitative estimate of drug-likeness (QED) is 0.422. The molecule has 206 valence electrons. The van der Waals surface area contributed by atoms with E-state index in [0.717, 1.165) is 31.7 Å². The van der Waals surface area contributed by atoms with Crippen LogP contribution >= 0.6 is 11.6 Å². The van der Waals surface area contributed by atoms with E-state index < -0.39 is 5.41 Å². The Morgan fingerprint density at radius 2 is 1.72 bits per heavy atom. The maximum absolute atomic E-state index is 14.0. The van der Waals surface area contributed by atoms with Gasteiger partial charge in [0.1, 0.15) is 22.8 Å². The summed E-state index contributed by atoms with van der Waals surface area (Å²) in [7, 11) is 2.07. The Hall–Kier alpha value is -3.36. The highest BCUT2D eigenvalue weighted by molar-refractivity contribution is 6.33. The van der Waals surface area contributed by atoms with Crippen molar-refractivity contribution in [3.8, 4) is 17.0 Å². The molecule has 1 aromatic heterocycles. The molecule has 0 spiro atoms. The first-order valence-electron chi connectivity index (χ1n) is 13.5. The molecule has 2 aliphatic heterocycles. The Kier molecular flexibility index (Phi) is 8.23. The van der Waals surface area contributed by atoms with Crippen molar-refractivity contribution in [3.63, 3.8) is 0 Å². The number of rotatable bonds is 7. The van der Waals surface area contributed by atoms with Crippen molar-refractivity contribution in [2.45, 2.75) is 26.2 Å². The predicted molar refractivity (Wildman–Crippen MR) is 150 cm³/mol. The lowest BCUT2D eigenvalue weighted by Gasteiger charge is -2.43. The molecule has 2 amide bonds. The summed E-state index contributed by atoms with van der Waals surface area (Å²) in [4.78, 5) is 33.6. The summed E-state index contributed by atoms with van der Waals surface area (Å²) in [6.45, 7) is 6.24. The molecule has 0 N–H and O–H groups in total. The number of para-hydroxylation sites is 1. The highest BCUT2D eigenvalue weighted by Crippen LogP contribution is 2.38. The number of halogens is 1. The summed E-state index contributed by atoms with van der Waals surface area (Å²) in [6.07, 6.45) is 1.89. The SMILES string of the molecule is Cc1onc(-c2ccccc2Cl)c1C(=O)N1CCC[C@@](COc2ccccc2)(CC(=O)N2CCN(C)CC2)C1. The number of ether oxygens (including phenoxy) is 1. The molecule has 2 aliphatic rings. The second kappa shape index (κ2) is 11.8. The molecule has 0 aliphatic carbocycles. The maximum atomic E-state index is 14.0. The summed E-state index contributed by atoms with van der Waals surface area (Å²) < 4.78 is 11.7. The summed E-state index contributed by atoms with van der Waals surface area (Å²) in [5.41, 5.74) is 0.988. The van der Waals surface area contributed by atoms with Gasteiger partial charge in [-0.05, 0) is 45.0 Å². The average Bonchev–Trinajstić information content (AvgIpc) is 3.33. The van der Waals surface area contributed by atoms with Crippen molar-refractivity contribution in [2.24, 2.45) is 5.41 Å². The molecule has 3 aromatic rings. The Morgan fingerprint density at radius 1 is 1.00 bits per heavy atom. The van der Waals surface area contributed by atoms with Gasteiger partial charge in [-0.3, -0.25) is 9.59 Å². The first kappa shape index (κ1) is 27.2. The van der Waals surface area contributed by atoms with Gasteiger partial charge >= 0.3 is 0 Å². The fourth-order valence-corrected chi connectivity index (χ4v) is 5.78. The van der Waals surface area contributed by atoms with E-state index >= 15 is 0 Å². The molecule has 39 heavy (non-hydrogen) atoms. The number of hydrogen-bond acceptors (Lipinski definition) is 6. The topological polar surface area (TPSA) is 79.1 Å². The molecule has 2 aromatic carbocycles. The number of amides is 2. The van der Waals surface area contributed by atoms with Crippen molar-refractivity contribution < 1.29 is 18.8 Å². The number of hydrogen-bond donors (Lipinski definition) is 0. The zero-order valence-electron chi connectivity index (χ0n) is 22.6. The van der Waals surface area contributed by atoms with E-state index in [-0.39, 0.29) is 11.8 Å². The van der Waals surface area contributed by atoms with E-state index in [1.165, 1.54) is 0 Å². The number of likely N-dealkylation sites (tertiary alicyclic amines) is 1. The van der Waals surface area contributed by atoms with Crippen LogP contribution in [0, 0.1) is 12.3 Å². The maximum Gasteiger partial charge on any atom is 0.259 e. The van der Waals surface area contributed by atoms with Crippen LogP contribution in [0.15, 0.2) is 59.1 Å². The molecule has 2 saturated heterocycles. The van der Waals surface area contributed by atoms with Crippen LogP contribution in [0.2, 0.25) is 5.02 Å². The lowest BCUT2D eigenvalue weighted by atomic mass is 9.77. The minimum Gasteiger partial charge on any atom is -0.493 e. The van der Waals surface area contributed by atoms with Gasteiger partial charge in [0.25, 0.3) is 5.91 Å². The van der Waals surface area contributed by atoms with Crippen LogP contribution in [-0.2, 0) is 4.79 Å². The second-order valence-electron chi connectivity index (χ2n) is 10.7. The third-order valence-corrected chi connectivity index (χ3v) is 8.15. The minimum atomic E-state index is -0.514. The smallest absolute Gasteiger partial charge is 0.259 e. The van der Waals surface area contributed by atoms with E-state index in [9.17, 15) is 9.59 Å². The molecule has 3 heterocycles.